The summed E-state index contributed by atoms with van der Waals surface area (Å²) in [5.41, 5.74) is 13.2. The third-order valence-corrected chi connectivity index (χ3v) is 3.88. The third-order valence-electron chi connectivity index (χ3n) is 3.88. The van der Waals surface area contributed by atoms with Crippen molar-refractivity contribution in [1.82, 2.24) is 4.90 Å². The molecule has 19 heavy (non-hydrogen) atoms. The van der Waals surface area contributed by atoms with Crippen LogP contribution in [0, 0.1) is 0 Å². The molecule has 1 heterocycles. The van der Waals surface area contributed by atoms with Crippen molar-refractivity contribution in [3.8, 4) is 0 Å². The Morgan fingerprint density at radius 2 is 2.21 bits per heavy atom. The van der Waals surface area contributed by atoms with Crippen molar-refractivity contribution in [3.63, 3.8) is 0 Å². The number of hydrogen-bond acceptors (Lipinski definition) is 4. The number of piperidine rings is 1. The predicted octanol–water partition coefficient (Wildman–Crippen LogP) is 0.898. The topological polar surface area (TPSA) is 75.6 Å². The van der Waals surface area contributed by atoms with E-state index >= 15 is 0 Å². The van der Waals surface area contributed by atoms with Crippen LogP contribution in [0.4, 0.5) is 11.4 Å². The van der Waals surface area contributed by atoms with Crippen LogP contribution in [0.1, 0.15) is 23.2 Å². The standard InChI is InChI=1S/C14H22N4O/c1-17-8-4-5-10(9-17)18(2)12-7-3-6-11(13(12)15)14(16)19/h3,6-7,10H,4-5,8-9,15H2,1-2H3,(H2,16,19). The summed E-state index contributed by atoms with van der Waals surface area (Å²) in [6.07, 6.45) is 2.32. The van der Waals surface area contributed by atoms with Gasteiger partial charge in [-0.05, 0) is 38.6 Å². The molecule has 5 nitrogen and oxygen atoms in total. The molecule has 1 saturated heterocycles. The number of anilines is 2. The number of rotatable bonds is 3. The molecule has 1 aliphatic rings. The van der Waals surface area contributed by atoms with Crippen molar-refractivity contribution in [1.29, 1.82) is 0 Å². The normalized spacial score (nSPS) is 20.2. The van der Waals surface area contributed by atoms with Crippen molar-refractivity contribution < 1.29 is 4.79 Å². The van der Waals surface area contributed by atoms with E-state index in [-0.39, 0.29) is 0 Å². The van der Waals surface area contributed by atoms with Gasteiger partial charge in [-0.25, -0.2) is 0 Å². The highest BCUT2D eigenvalue weighted by Crippen LogP contribution is 2.29. The van der Waals surface area contributed by atoms with Gasteiger partial charge >= 0.3 is 0 Å². The van der Waals surface area contributed by atoms with Gasteiger partial charge < -0.3 is 21.3 Å². The lowest BCUT2D eigenvalue weighted by molar-refractivity contribution is 0.100. The molecule has 1 aromatic rings. The Hall–Kier alpha value is -1.75. The molecule has 1 amide bonds. The van der Waals surface area contributed by atoms with Crippen LogP contribution < -0.4 is 16.4 Å². The van der Waals surface area contributed by atoms with Gasteiger partial charge in [0.05, 0.1) is 16.9 Å². The van der Waals surface area contributed by atoms with E-state index in [2.05, 4.69) is 16.8 Å². The van der Waals surface area contributed by atoms with E-state index in [0.717, 1.165) is 25.2 Å². The number of carbonyl (C=O) groups excluding carboxylic acids is 1. The zero-order chi connectivity index (χ0) is 14.0. The molecule has 0 radical (unpaired) electrons. The van der Waals surface area contributed by atoms with Crippen LogP contribution in [-0.4, -0.2) is 44.0 Å². The van der Waals surface area contributed by atoms with Gasteiger partial charge in [-0.1, -0.05) is 6.07 Å². The number of amides is 1. The summed E-state index contributed by atoms with van der Waals surface area (Å²) < 4.78 is 0. The van der Waals surface area contributed by atoms with E-state index in [1.807, 2.05) is 19.2 Å². The number of nitrogen functional groups attached to an aromatic ring is 1. The minimum atomic E-state index is -0.478. The lowest BCUT2D eigenvalue weighted by Crippen LogP contribution is -2.45. The summed E-state index contributed by atoms with van der Waals surface area (Å²) in [7, 11) is 4.16. The van der Waals surface area contributed by atoms with Crippen LogP contribution >= 0.6 is 0 Å². The Balaban J connectivity index is 2.26. The van der Waals surface area contributed by atoms with Crippen LogP contribution in [0.5, 0.6) is 0 Å². The summed E-state index contributed by atoms with van der Waals surface area (Å²) in [5.74, 6) is -0.478. The fourth-order valence-corrected chi connectivity index (χ4v) is 2.73. The number of para-hydroxylation sites is 1. The minimum absolute atomic E-state index is 0.397. The monoisotopic (exact) mass is 262 g/mol. The van der Waals surface area contributed by atoms with Gasteiger partial charge in [0.25, 0.3) is 5.91 Å². The molecule has 104 valence electrons. The van der Waals surface area contributed by atoms with Gasteiger partial charge in [0.15, 0.2) is 0 Å². The summed E-state index contributed by atoms with van der Waals surface area (Å²) in [6, 6.07) is 5.86. The second-order valence-corrected chi connectivity index (χ2v) is 5.27. The Kier molecular flexibility index (Phi) is 3.95. The van der Waals surface area contributed by atoms with Crippen LogP contribution in [0.15, 0.2) is 18.2 Å². The summed E-state index contributed by atoms with van der Waals surface area (Å²) >= 11 is 0. The molecule has 1 unspecified atom stereocenters. The zero-order valence-corrected chi connectivity index (χ0v) is 11.6. The first kappa shape index (κ1) is 13.7. The SMILES string of the molecule is CN1CCCC(N(C)c2cccc(C(N)=O)c2N)C1. The van der Waals surface area contributed by atoms with Crippen LogP contribution in [0.2, 0.25) is 0 Å². The molecule has 0 aromatic heterocycles. The Morgan fingerprint density at radius 1 is 1.47 bits per heavy atom. The number of likely N-dealkylation sites (N-methyl/N-ethyl adjacent to an activating group) is 2. The Morgan fingerprint density at radius 3 is 2.84 bits per heavy atom. The molecule has 1 aliphatic heterocycles. The van der Waals surface area contributed by atoms with E-state index < -0.39 is 5.91 Å². The highest BCUT2D eigenvalue weighted by molar-refractivity contribution is 6.00. The lowest BCUT2D eigenvalue weighted by atomic mass is 10.0. The number of carbonyl (C=O) groups is 1. The van der Waals surface area contributed by atoms with Crippen molar-refractivity contribution in [2.24, 2.45) is 5.73 Å². The third kappa shape index (κ3) is 2.81. The molecular formula is C14H22N4O. The van der Waals surface area contributed by atoms with Crippen molar-refractivity contribution in [3.05, 3.63) is 23.8 Å². The average molecular weight is 262 g/mol. The van der Waals surface area contributed by atoms with E-state index in [9.17, 15) is 4.79 Å². The number of benzene rings is 1. The number of nitrogens with zero attached hydrogens (tertiary/aromatic N) is 2. The van der Waals surface area contributed by atoms with E-state index in [0.29, 0.717) is 17.3 Å². The second kappa shape index (κ2) is 5.48. The summed E-state index contributed by atoms with van der Waals surface area (Å²) in [5, 5.41) is 0. The smallest absolute Gasteiger partial charge is 0.250 e. The molecule has 1 atom stereocenters. The van der Waals surface area contributed by atoms with Gasteiger partial charge in [0.2, 0.25) is 0 Å². The molecule has 1 fully saturated rings. The molecule has 0 saturated carbocycles. The molecular weight excluding hydrogens is 240 g/mol. The van der Waals surface area contributed by atoms with E-state index in [1.165, 1.54) is 6.42 Å². The van der Waals surface area contributed by atoms with Crippen molar-refractivity contribution in [2.45, 2.75) is 18.9 Å². The molecule has 5 heteroatoms. The van der Waals surface area contributed by atoms with Gasteiger partial charge in [0.1, 0.15) is 0 Å². The molecule has 4 N–H and O–H groups in total. The quantitative estimate of drug-likeness (QED) is 0.794. The Bertz CT molecular complexity index is 475. The lowest BCUT2D eigenvalue weighted by Gasteiger charge is -2.37. The zero-order valence-electron chi connectivity index (χ0n) is 11.6. The summed E-state index contributed by atoms with van der Waals surface area (Å²) in [4.78, 5) is 15.8. The first-order valence-electron chi connectivity index (χ1n) is 6.60. The fourth-order valence-electron chi connectivity index (χ4n) is 2.73. The first-order valence-corrected chi connectivity index (χ1v) is 6.60. The molecule has 2 rings (SSSR count). The molecule has 1 aromatic carbocycles. The highest BCUT2D eigenvalue weighted by Gasteiger charge is 2.23. The maximum absolute atomic E-state index is 11.3. The van der Waals surface area contributed by atoms with Crippen LogP contribution in [-0.2, 0) is 0 Å². The van der Waals surface area contributed by atoms with Crippen LogP contribution in [0.25, 0.3) is 0 Å². The van der Waals surface area contributed by atoms with Crippen molar-refractivity contribution >= 4 is 17.3 Å². The van der Waals surface area contributed by atoms with Gasteiger partial charge in [0, 0.05) is 19.6 Å². The minimum Gasteiger partial charge on any atom is -0.396 e. The van der Waals surface area contributed by atoms with Crippen LogP contribution in [0.3, 0.4) is 0 Å². The Labute approximate surface area is 114 Å². The summed E-state index contributed by atoms with van der Waals surface area (Å²) in [6.45, 7) is 2.15. The van der Waals surface area contributed by atoms with E-state index in [4.69, 9.17) is 11.5 Å². The number of nitrogens with two attached hydrogens (primary N) is 2. The van der Waals surface area contributed by atoms with Gasteiger partial charge in [-0.15, -0.1) is 0 Å². The predicted molar refractivity (Wildman–Crippen MR) is 78.3 cm³/mol. The molecule has 0 spiro atoms. The molecule has 0 bridgehead atoms. The first-order chi connectivity index (χ1) is 9.00. The van der Waals surface area contributed by atoms with E-state index in [1.54, 1.807) is 6.07 Å². The maximum Gasteiger partial charge on any atom is 0.250 e. The molecule has 0 aliphatic carbocycles. The van der Waals surface area contributed by atoms with Crippen molar-refractivity contribution in [2.75, 3.05) is 37.8 Å². The fraction of sp³-hybridized carbons (Fsp3) is 0.500. The van der Waals surface area contributed by atoms with Gasteiger partial charge in [-0.3, -0.25) is 4.79 Å². The number of likely N-dealkylation sites (tertiary alicyclic amines) is 1. The second-order valence-electron chi connectivity index (χ2n) is 5.27. The average Bonchev–Trinajstić information content (AvgIpc) is 2.38. The largest absolute Gasteiger partial charge is 0.396 e. The number of primary amides is 1. The van der Waals surface area contributed by atoms with Gasteiger partial charge in [-0.2, -0.15) is 0 Å². The maximum atomic E-state index is 11.3. The number of hydrogen-bond donors (Lipinski definition) is 2. The highest BCUT2D eigenvalue weighted by atomic mass is 16.1.